The molecule has 0 unspecified atom stereocenters. The van der Waals surface area contributed by atoms with Gasteiger partial charge >= 0.3 is 0 Å². The third-order valence-electron chi connectivity index (χ3n) is 2.43. The van der Waals surface area contributed by atoms with Gasteiger partial charge < -0.3 is 9.55 Å². The Morgan fingerprint density at radius 3 is 2.79 bits per heavy atom. The lowest BCUT2D eigenvalue weighted by Crippen LogP contribution is -1.98. The van der Waals surface area contributed by atoms with Crippen LogP contribution in [0.25, 0.3) is 11.2 Å². The molecule has 0 fully saturated rings. The van der Waals surface area contributed by atoms with Gasteiger partial charge in [-0.1, -0.05) is 13.3 Å². The molecule has 0 radical (unpaired) electrons. The van der Waals surface area contributed by atoms with E-state index in [2.05, 4.69) is 17.0 Å². The SMILES string of the molecule is CCCc1nn(C)c2c1[nH]c(=S)n2C. The molecule has 1 N–H and O–H groups in total. The molecule has 76 valence electrons. The first-order valence-corrected chi connectivity index (χ1v) is 5.16. The summed E-state index contributed by atoms with van der Waals surface area (Å²) in [7, 11) is 3.91. The van der Waals surface area contributed by atoms with Gasteiger partial charge in [0.25, 0.3) is 0 Å². The standard InChI is InChI=1S/C9H14N4S/c1-4-5-6-7-8(13(3)11-6)12(2)9(14)10-7/h4-5H2,1-3H3,(H,10,14). The summed E-state index contributed by atoms with van der Waals surface area (Å²) in [5.41, 5.74) is 3.26. The zero-order valence-electron chi connectivity index (χ0n) is 8.66. The minimum atomic E-state index is 0.755. The van der Waals surface area contributed by atoms with Crippen LogP contribution in [0.2, 0.25) is 0 Å². The van der Waals surface area contributed by atoms with Crippen molar-refractivity contribution in [1.82, 2.24) is 19.3 Å². The molecule has 0 amide bonds. The molecule has 0 saturated carbocycles. The smallest absolute Gasteiger partial charge is 0.179 e. The summed E-state index contributed by atoms with van der Waals surface area (Å²) in [6.07, 6.45) is 2.09. The number of nitrogens with zero attached hydrogens (tertiary/aromatic N) is 3. The highest BCUT2D eigenvalue weighted by Gasteiger charge is 2.11. The monoisotopic (exact) mass is 210 g/mol. The number of aromatic amines is 1. The second-order valence-electron chi connectivity index (χ2n) is 3.51. The number of rotatable bonds is 2. The van der Waals surface area contributed by atoms with Crippen molar-refractivity contribution in [2.24, 2.45) is 14.1 Å². The van der Waals surface area contributed by atoms with Gasteiger partial charge in [-0.2, -0.15) is 5.10 Å². The molecule has 0 spiro atoms. The average molecular weight is 210 g/mol. The maximum absolute atomic E-state index is 5.18. The molecule has 4 nitrogen and oxygen atoms in total. The van der Waals surface area contributed by atoms with Crippen LogP contribution in [0.4, 0.5) is 0 Å². The number of nitrogens with one attached hydrogen (secondary N) is 1. The quantitative estimate of drug-likeness (QED) is 0.769. The number of hydrogen-bond acceptors (Lipinski definition) is 2. The maximum Gasteiger partial charge on any atom is 0.179 e. The fourth-order valence-corrected chi connectivity index (χ4v) is 1.97. The maximum atomic E-state index is 5.18. The summed E-state index contributed by atoms with van der Waals surface area (Å²) >= 11 is 5.18. The third kappa shape index (κ3) is 1.19. The van der Waals surface area contributed by atoms with E-state index in [0.717, 1.165) is 34.5 Å². The van der Waals surface area contributed by atoms with E-state index in [-0.39, 0.29) is 0 Å². The largest absolute Gasteiger partial charge is 0.328 e. The Morgan fingerprint density at radius 2 is 2.14 bits per heavy atom. The molecule has 2 heterocycles. The summed E-state index contributed by atoms with van der Waals surface area (Å²) < 4.78 is 4.59. The van der Waals surface area contributed by atoms with Gasteiger partial charge in [-0.05, 0) is 18.6 Å². The van der Waals surface area contributed by atoms with E-state index < -0.39 is 0 Å². The van der Waals surface area contributed by atoms with Crippen molar-refractivity contribution >= 4 is 23.4 Å². The molecule has 2 aromatic heterocycles. The van der Waals surface area contributed by atoms with E-state index in [9.17, 15) is 0 Å². The molecule has 0 aromatic carbocycles. The lowest BCUT2D eigenvalue weighted by Gasteiger charge is -1.93. The molecule has 2 aromatic rings. The average Bonchev–Trinajstić information content (AvgIpc) is 2.57. The van der Waals surface area contributed by atoms with Crippen LogP contribution in [0.15, 0.2) is 0 Å². The zero-order chi connectivity index (χ0) is 10.3. The minimum Gasteiger partial charge on any atom is -0.328 e. The van der Waals surface area contributed by atoms with Gasteiger partial charge in [0.2, 0.25) is 0 Å². The Labute approximate surface area is 87.5 Å². The van der Waals surface area contributed by atoms with Crippen LogP contribution in [0.1, 0.15) is 19.0 Å². The second-order valence-corrected chi connectivity index (χ2v) is 3.89. The topological polar surface area (TPSA) is 38.5 Å². The summed E-state index contributed by atoms with van der Waals surface area (Å²) in [5, 5.41) is 4.46. The Bertz CT molecular complexity index is 517. The van der Waals surface area contributed by atoms with Gasteiger partial charge in [0.05, 0.1) is 5.69 Å². The van der Waals surface area contributed by atoms with Crippen molar-refractivity contribution < 1.29 is 0 Å². The van der Waals surface area contributed by atoms with Gasteiger partial charge in [-0.3, -0.25) is 4.68 Å². The highest BCUT2D eigenvalue weighted by Crippen LogP contribution is 2.17. The summed E-state index contributed by atoms with van der Waals surface area (Å²) in [6.45, 7) is 2.15. The lowest BCUT2D eigenvalue weighted by molar-refractivity contribution is 0.723. The van der Waals surface area contributed by atoms with E-state index in [1.54, 1.807) is 0 Å². The Hall–Kier alpha value is -1.10. The molecule has 0 atom stereocenters. The Kier molecular flexibility index (Phi) is 2.19. The molecule has 0 bridgehead atoms. The summed E-state index contributed by atoms with van der Waals surface area (Å²) in [6, 6.07) is 0. The van der Waals surface area contributed by atoms with Crippen LogP contribution < -0.4 is 0 Å². The van der Waals surface area contributed by atoms with E-state index in [0.29, 0.717) is 0 Å². The molecule has 2 rings (SSSR count). The van der Waals surface area contributed by atoms with Crippen molar-refractivity contribution in [2.75, 3.05) is 0 Å². The predicted molar refractivity (Wildman–Crippen MR) is 58.9 cm³/mol. The molecule has 5 heteroatoms. The first kappa shape index (κ1) is 9.45. The zero-order valence-corrected chi connectivity index (χ0v) is 9.48. The fraction of sp³-hybridized carbons (Fsp3) is 0.556. The first-order chi connectivity index (χ1) is 6.65. The normalized spacial score (nSPS) is 11.4. The molecular weight excluding hydrogens is 196 g/mol. The third-order valence-corrected chi connectivity index (χ3v) is 2.81. The van der Waals surface area contributed by atoms with Crippen LogP contribution in [-0.4, -0.2) is 19.3 Å². The van der Waals surface area contributed by atoms with Crippen LogP contribution in [0.5, 0.6) is 0 Å². The van der Waals surface area contributed by atoms with E-state index in [1.807, 2.05) is 23.3 Å². The van der Waals surface area contributed by atoms with Gasteiger partial charge in [0.1, 0.15) is 5.52 Å². The van der Waals surface area contributed by atoms with Gasteiger partial charge in [0, 0.05) is 14.1 Å². The predicted octanol–water partition coefficient (Wildman–Crippen LogP) is 1.92. The number of H-pyrrole nitrogens is 1. The van der Waals surface area contributed by atoms with Crippen molar-refractivity contribution in [2.45, 2.75) is 19.8 Å². The molecule has 0 aliphatic carbocycles. The van der Waals surface area contributed by atoms with Crippen LogP contribution in [0.3, 0.4) is 0 Å². The summed E-state index contributed by atoms with van der Waals surface area (Å²) in [4.78, 5) is 3.20. The first-order valence-electron chi connectivity index (χ1n) is 4.75. The summed E-state index contributed by atoms with van der Waals surface area (Å²) in [5.74, 6) is 0. The number of fused-ring (bicyclic) bond motifs is 1. The van der Waals surface area contributed by atoms with E-state index in [4.69, 9.17) is 12.2 Å². The van der Waals surface area contributed by atoms with Gasteiger partial charge in [-0.25, -0.2) is 0 Å². The fourth-order valence-electron chi connectivity index (χ4n) is 1.78. The highest BCUT2D eigenvalue weighted by molar-refractivity contribution is 7.71. The van der Waals surface area contributed by atoms with Crippen molar-refractivity contribution in [3.05, 3.63) is 10.5 Å². The van der Waals surface area contributed by atoms with Gasteiger partial charge in [-0.15, -0.1) is 0 Å². The minimum absolute atomic E-state index is 0.755. The van der Waals surface area contributed by atoms with Crippen LogP contribution in [0, 0.1) is 4.77 Å². The van der Waals surface area contributed by atoms with Crippen molar-refractivity contribution in [3.63, 3.8) is 0 Å². The van der Waals surface area contributed by atoms with Crippen LogP contribution >= 0.6 is 12.2 Å². The van der Waals surface area contributed by atoms with Crippen molar-refractivity contribution in [1.29, 1.82) is 0 Å². The molecular formula is C9H14N4S. The molecule has 0 aliphatic heterocycles. The van der Waals surface area contributed by atoms with Gasteiger partial charge in [0.15, 0.2) is 10.4 Å². The van der Waals surface area contributed by atoms with Crippen molar-refractivity contribution in [3.8, 4) is 0 Å². The highest BCUT2D eigenvalue weighted by atomic mass is 32.1. The Balaban J connectivity index is 2.76. The molecule has 14 heavy (non-hydrogen) atoms. The number of aryl methyl sites for hydroxylation is 3. The molecule has 0 aliphatic rings. The second kappa shape index (κ2) is 3.24. The number of imidazole rings is 1. The molecule has 0 saturated heterocycles. The van der Waals surface area contributed by atoms with E-state index in [1.165, 1.54) is 0 Å². The van der Waals surface area contributed by atoms with E-state index >= 15 is 0 Å². The lowest BCUT2D eigenvalue weighted by atomic mass is 10.2. The number of aromatic nitrogens is 4. The number of hydrogen-bond donors (Lipinski definition) is 1. The Morgan fingerprint density at radius 1 is 1.43 bits per heavy atom. The van der Waals surface area contributed by atoms with Crippen LogP contribution in [-0.2, 0) is 20.5 Å².